The van der Waals surface area contributed by atoms with Gasteiger partial charge in [-0.25, -0.2) is 21.2 Å². The fourth-order valence-electron chi connectivity index (χ4n) is 1.59. The van der Waals surface area contributed by atoms with E-state index in [4.69, 9.17) is 0 Å². The topological polar surface area (TPSA) is 92.7 Å². The predicted molar refractivity (Wildman–Crippen MR) is 87.9 cm³/mol. The molecule has 0 saturated heterocycles. The molecule has 1 heterocycles. The molecule has 0 aromatic heterocycles. The molecule has 12 heteroatoms. The Kier molecular flexibility index (Phi) is 6.71. The highest BCUT2D eigenvalue weighted by molar-refractivity contribution is 8.06. The smallest absolute Gasteiger partial charge is 0.296 e. The predicted octanol–water partition coefficient (Wildman–Crippen LogP) is 2.53. The summed E-state index contributed by atoms with van der Waals surface area (Å²) >= 11 is 0. The third-order valence-electron chi connectivity index (χ3n) is 3.02. The molecule has 144 valence electrons. The van der Waals surface area contributed by atoms with Gasteiger partial charge in [0.2, 0.25) is 9.84 Å². The van der Waals surface area contributed by atoms with Crippen molar-refractivity contribution in [1.82, 2.24) is 5.43 Å². The van der Waals surface area contributed by atoms with E-state index in [0.717, 1.165) is 35.1 Å². The summed E-state index contributed by atoms with van der Waals surface area (Å²) in [6.07, 6.45) is -5.35. The summed E-state index contributed by atoms with van der Waals surface area (Å²) in [5.41, 5.74) is 1.74. The molecule has 6 nitrogen and oxygen atoms in total. The highest BCUT2D eigenvalue weighted by Crippen LogP contribution is 2.28. The van der Waals surface area contributed by atoms with Crippen molar-refractivity contribution in [3.05, 3.63) is 54.1 Å². The zero-order valence-corrected chi connectivity index (χ0v) is 14.7. The first-order chi connectivity index (χ1) is 11.8. The number of sulfone groups is 2. The maximum atomic E-state index is 12.7. The van der Waals surface area contributed by atoms with Gasteiger partial charge in [0, 0.05) is 17.2 Å². The van der Waals surface area contributed by atoms with Crippen molar-refractivity contribution >= 4 is 24.7 Å². The lowest BCUT2D eigenvalue weighted by Crippen LogP contribution is -2.36. The minimum absolute atomic E-state index is 0.294. The minimum Gasteiger partial charge on any atom is -0.296 e. The first kappa shape index (κ1) is 21.8. The van der Waals surface area contributed by atoms with E-state index in [1.54, 1.807) is 5.43 Å². The molecule has 0 radical (unpaired) electrons. The van der Waals surface area contributed by atoms with Gasteiger partial charge in [0.15, 0.2) is 14.9 Å². The lowest BCUT2D eigenvalue weighted by Gasteiger charge is -2.13. The van der Waals surface area contributed by atoms with Crippen molar-refractivity contribution < 1.29 is 34.4 Å². The second-order valence-corrected chi connectivity index (χ2v) is 8.61. The summed E-state index contributed by atoms with van der Waals surface area (Å²) in [5, 5.41) is 4.30. The van der Waals surface area contributed by atoms with E-state index in [1.807, 2.05) is 0 Å². The van der Waals surface area contributed by atoms with Crippen molar-refractivity contribution in [2.75, 3.05) is 0 Å². The van der Waals surface area contributed by atoms with E-state index in [0.29, 0.717) is 0 Å². The minimum atomic E-state index is -4.58. The van der Waals surface area contributed by atoms with E-state index < -0.39 is 49.2 Å². The van der Waals surface area contributed by atoms with Crippen LogP contribution in [-0.4, -0.2) is 34.1 Å². The molecule has 0 bridgehead atoms. The van der Waals surface area contributed by atoms with Crippen LogP contribution in [0, 0.1) is 5.82 Å². The molecule has 1 unspecified atom stereocenters. The number of hydrogen-bond acceptors (Lipinski definition) is 6. The summed E-state index contributed by atoms with van der Waals surface area (Å²) in [4.78, 5) is -0.294. The Labute approximate surface area is 147 Å². The maximum Gasteiger partial charge on any atom is 0.410 e. The quantitative estimate of drug-likeness (QED) is 0.606. The standard InChI is InChI=1S/C10H8F4N2O2S.C4H6O2S/c11-6-1-3-7(4-2-6)19(17,18)9-5-8(15-16-9)10(12,13)14;1-3-7(5,6)4-2/h1-4,8,15H,5H2;3-4H,1-2H2. The Morgan fingerprint density at radius 1 is 1.08 bits per heavy atom. The molecular formula is C14H14F4N2O4S2. The van der Waals surface area contributed by atoms with Crippen LogP contribution in [0.15, 0.2) is 58.2 Å². The number of alkyl halides is 3. The highest BCUT2D eigenvalue weighted by atomic mass is 32.2. The summed E-state index contributed by atoms with van der Waals surface area (Å²) in [6.45, 7) is 6.09. The molecule has 2 rings (SSSR count). The van der Waals surface area contributed by atoms with Crippen molar-refractivity contribution in [3.8, 4) is 0 Å². The van der Waals surface area contributed by atoms with E-state index >= 15 is 0 Å². The van der Waals surface area contributed by atoms with Crippen LogP contribution >= 0.6 is 0 Å². The largest absolute Gasteiger partial charge is 0.410 e. The normalized spacial score (nSPS) is 17.4. The molecule has 1 atom stereocenters. The van der Waals surface area contributed by atoms with Gasteiger partial charge in [-0.1, -0.05) is 13.2 Å². The number of halogens is 4. The Morgan fingerprint density at radius 2 is 1.58 bits per heavy atom. The number of benzene rings is 1. The summed E-state index contributed by atoms with van der Waals surface area (Å²) in [7, 11) is -7.26. The van der Waals surface area contributed by atoms with Gasteiger partial charge in [0.1, 0.15) is 11.9 Å². The molecule has 1 aromatic carbocycles. The van der Waals surface area contributed by atoms with E-state index in [-0.39, 0.29) is 4.90 Å². The summed E-state index contributed by atoms with van der Waals surface area (Å²) in [6, 6.07) is 1.77. The Hall–Kier alpha value is -2.21. The van der Waals surface area contributed by atoms with Gasteiger partial charge in [-0.2, -0.15) is 18.3 Å². The molecule has 1 aliphatic heterocycles. The molecule has 0 fully saturated rings. The summed E-state index contributed by atoms with van der Waals surface area (Å²) in [5.74, 6) is -0.640. The lowest BCUT2D eigenvalue weighted by atomic mass is 10.2. The van der Waals surface area contributed by atoms with Crippen LogP contribution in [0.1, 0.15) is 6.42 Å². The fraction of sp³-hybridized carbons (Fsp3) is 0.214. The monoisotopic (exact) mass is 414 g/mol. The van der Waals surface area contributed by atoms with Crippen molar-refractivity contribution in [2.24, 2.45) is 5.10 Å². The Balaban J connectivity index is 0.000000412. The van der Waals surface area contributed by atoms with Crippen LogP contribution in [0.4, 0.5) is 17.6 Å². The fourth-order valence-corrected chi connectivity index (χ4v) is 3.05. The Morgan fingerprint density at radius 3 is 1.92 bits per heavy atom. The molecule has 1 aromatic rings. The van der Waals surface area contributed by atoms with Crippen LogP contribution in [0.5, 0.6) is 0 Å². The van der Waals surface area contributed by atoms with Gasteiger partial charge in [-0.05, 0) is 24.3 Å². The number of nitrogens with one attached hydrogen (secondary N) is 1. The average molecular weight is 414 g/mol. The summed E-state index contributed by atoms with van der Waals surface area (Å²) < 4.78 is 94.1. The number of rotatable bonds is 3. The molecule has 0 saturated carbocycles. The SMILES string of the molecule is C=CS(=O)(=O)C=C.O=S(=O)(C1=NNC(C(F)(F)F)C1)c1ccc(F)cc1. The molecular weight excluding hydrogens is 400 g/mol. The van der Waals surface area contributed by atoms with Crippen molar-refractivity contribution in [1.29, 1.82) is 0 Å². The van der Waals surface area contributed by atoms with Gasteiger partial charge in [-0.15, -0.1) is 0 Å². The maximum absolute atomic E-state index is 12.7. The zero-order chi connectivity index (χ0) is 20.2. The molecule has 0 amide bonds. The molecule has 26 heavy (non-hydrogen) atoms. The molecule has 1 N–H and O–H groups in total. The zero-order valence-electron chi connectivity index (χ0n) is 13.1. The molecule has 0 aliphatic carbocycles. The van der Waals surface area contributed by atoms with Crippen LogP contribution in [0.25, 0.3) is 0 Å². The molecule has 1 aliphatic rings. The van der Waals surface area contributed by atoms with Crippen molar-refractivity contribution in [3.63, 3.8) is 0 Å². The van der Waals surface area contributed by atoms with E-state index in [2.05, 4.69) is 18.3 Å². The van der Waals surface area contributed by atoms with Gasteiger partial charge in [0.25, 0.3) is 0 Å². The Bertz CT molecular complexity index is 891. The van der Waals surface area contributed by atoms with Crippen LogP contribution in [0.2, 0.25) is 0 Å². The second kappa shape index (κ2) is 7.99. The van der Waals surface area contributed by atoms with Gasteiger partial charge in [0.05, 0.1) is 4.90 Å². The third kappa shape index (κ3) is 5.66. The lowest BCUT2D eigenvalue weighted by molar-refractivity contribution is -0.151. The van der Waals surface area contributed by atoms with Crippen LogP contribution < -0.4 is 5.43 Å². The first-order valence-electron chi connectivity index (χ1n) is 6.73. The van der Waals surface area contributed by atoms with Crippen molar-refractivity contribution in [2.45, 2.75) is 23.5 Å². The first-order valence-corrected chi connectivity index (χ1v) is 9.82. The second-order valence-electron chi connectivity index (χ2n) is 4.81. The number of hydrazone groups is 1. The number of nitrogens with zero attached hydrogens (tertiary/aromatic N) is 1. The third-order valence-corrected chi connectivity index (χ3v) is 5.72. The van der Waals surface area contributed by atoms with E-state index in [9.17, 15) is 34.4 Å². The van der Waals surface area contributed by atoms with Crippen LogP contribution in [-0.2, 0) is 19.7 Å². The van der Waals surface area contributed by atoms with Crippen LogP contribution in [0.3, 0.4) is 0 Å². The van der Waals surface area contributed by atoms with Gasteiger partial charge in [-0.3, -0.25) is 5.43 Å². The van der Waals surface area contributed by atoms with E-state index in [1.165, 1.54) is 0 Å². The van der Waals surface area contributed by atoms with Gasteiger partial charge < -0.3 is 0 Å². The number of hydrogen-bond donors (Lipinski definition) is 1. The molecule has 0 spiro atoms. The highest BCUT2D eigenvalue weighted by Gasteiger charge is 2.45. The average Bonchev–Trinajstić information content (AvgIpc) is 3.07. The van der Waals surface area contributed by atoms with Gasteiger partial charge >= 0.3 is 6.18 Å².